The van der Waals surface area contributed by atoms with E-state index in [0.29, 0.717) is 10.5 Å². The van der Waals surface area contributed by atoms with E-state index in [0.717, 1.165) is 24.3 Å². The molecule has 2 aromatic rings. The number of benzene rings is 2. The molecule has 0 saturated carbocycles. The van der Waals surface area contributed by atoms with Crippen molar-refractivity contribution in [3.8, 4) is 11.5 Å². The number of anilines is 1. The molecule has 0 spiro atoms. The van der Waals surface area contributed by atoms with E-state index in [9.17, 15) is 67.4 Å². The topological polar surface area (TPSA) is 107 Å². The van der Waals surface area contributed by atoms with Crippen LogP contribution in [-0.2, 0) is 20.7 Å². The molecule has 9 nitrogen and oxygen atoms in total. The zero-order valence-electron chi connectivity index (χ0n) is 24.3. The number of urea groups is 1. The first-order chi connectivity index (χ1) is 22.0. The average molecular weight is 718 g/mol. The monoisotopic (exact) mass is 718 g/mol. The highest BCUT2D eigenvalue weighted by Crippen LogP contribution is 2.53. The van der Waals surface area contributed by atoms with Crippen LogP contribution in [0.15, 0.2) is 48.5 Å². The van der Waals surface area contributed by atoms with Crippen LogP contribution in [0.2, 0.25) is 0 Å². The largest absolute Gasteiger partial charge is 0.573 e. The fourth-order valence-corrected chi connectivity index (χ4v) is 3.62. The van der Waals surface area contributed by atoms with E-state index in [-0.39, 0.29) is 24.5 Å². The number of carboxylic acid groups (broad SMARTS) is 1. The second-order valence-corrected chi connectivity index (χ2v) is 9.48. The summed E-state index contributed by atoms with van der Waals surface area (Å²) in [5.74, 6) is -16.0. The molecule has 0 aliphatic carbocycles. The molecule has 0 heterocycles. The smallest absolute Gasteiger partial charge is 0.492 e. The van der Waals surface area contributed by atoms with Gasteiger partial charge in [0, 0.05) is 25.3 Å². The van der Waals surface area contributed by atoms with Crippen LogP contribution >= 0.6 is 0 Å². The summed E-state index contributed by atoms with van der Waals surface area (Å²) in [5.41, 5.74) is 0.312. The standard InChI is InChI=1S/C27H26F12N2O7/c1-2-45-20(21(42)43)15-16-3-7-18(8-4-16)46-13-11-41(22(44)40-17-5-9-19(10-6-17)48-27(37,38)39)12-14-47-26(35,36)24(30,31)23(28,29)25(32,33)34/h3-10,20H,2,11-15H2,1H3,(H,40,44)(H,42,43). The molecule has 0 aliphatic heterocycles. The van der Waals surface area contributed by atoms with Gasteiger partial charge in [0.1, 0.15) is 18.1 Å². The maximum Gasteiger partial charge on any atom is 0.573 e. The van der Waals surface area contributed by atoms with E-state index in [1.54, 1.807) is 6.92 Å². The van der Waals surface area contributed by atoms with Crippen LogP contribution in [-0.4, -0.2) is 91.5 Å². The number of carbonyl (C=O) groups is 2. The van der Waals surface area contributed by atoms with Crippen molar-refractivity contribution in [2.45, 2.75) is 49.9 Å². The molecule has 2 aromatic carbocycles. The Kier molecular flexibility index (Phi) is 13.2. The van der Waals surface area contributed by atoms with Crippen molar-refractivity contribution in [2.24, 2.45) is 0 Å². The third kappa shape index (κ3) is 11.0. The Morgan fingerprint density at radius 3 is 1.83 bits per heavy atom. The van der Waals surface area contributed by atoms with E-state index >= 15 is 0 Å². The first kappa shape index (κ1) is 40.0. The minimum atomic E-state index is -7.20. The minimum Gasteiger partial charge on any atom is -0.492 e. The third-order valence-corrected chi connectivity index (χ3v) is 6.00. The molecule has 0 aliphatic rings. The van der Waals surface area contributed by atoms with Crippen LogP contribution < -0.4 is 14.8 Å². The molecule has 48 heavy (non-hydrogen) atoms. The van der Waals surface area contributed by atoms with E-state index in [1.165, 1.54) is 24.3 Å². The predicted molar refractivity (Wildman–Crippen MR) is 139 cm³/mol. The number of halogens is 12. The maximum atomic E-state index is 13.8. The number of amides is 2. The maximum absolute atomic E-state index is 13.8. The van der Waals surface area contributed by atoms with Crippen molar-refractivity contribution in [1.82, 2.24) is 4.90 Å². The Morgan fingerprint density at radius 2 is 1.33 bits per heavy atom. The van der Waals surface area contributed by atoms with Gasteiger partial charge in [-0.2, -0.15) is 39.5 Å². The van der Waals surface area contributed by atoms with Crippen molar-refractivity contribution in [3.05, 3.63) is 54.1 Å². The summed E-state index contributed by atoms with van der Waals surface area (Å²) in [6.45, 7) is -2.16. The van der Waals surface area contributed by atoms with Crippen LogP contribution in [0.5, 0.6) is 11.5 Å². The predicted octanol–water partition coefficient (Wildman–Crippen LogP) is 6.97. The van der Waals surface area contributed by atoms with E-state index in [2.05, 4.69) is 14.8 Å². The molecule has 270 valence electrons. The fourth-order valence-electron chi connectivity index (χ4n) is 3.62. The van der Waals surface area contributed by atoms with Gasteiger partial charge in [-0.05, 0) is 48.9 Å². The SMILES string of the molecule is CCOC(Cc1ccc(OCCN(CCOC(F)(F)C(F)(F)C(F)(F)C(F)(F)F)C(=O)Nc2ccc(OC(F)(F)F)cc2)cc1)C(=O)O. The number of carboxylic acids is 1. The number of aliphatic carboxylic acids is 1. The summed E-state index contributed by atoms with van der Waals surface area (Å²) in [4.78, 5) is 24.6. The minimum absolute atomic E-state index is 0.0146. The summed E-state index contributed by atoms with van der Waals surface area (Å²) in [7, 11) is 0. The van der Waals surface area contributed by atoms with Crippen molar-refractivity contribution in [3.63, 3.8) is 0 Å². The van der Waals surface area contributed by atoms with Gasteiger partial charge >= 0.3 is 42.5 Å². The third-order valence-electron chi connectivity index (χ3n) is 6.00. The molecule has 0 bridgehead atoms. The molecule has 2 rings (SSSR count). The molecule has 0 radical (unpaired) electrons. The second-order valence-electron chi connectivity index (χ2n) is 9.48. The number of hydrogen-bond acceptors (Lipinski definition) is 6. The molecule has 1 atom stereocenters. The number of alkyl halides is 12. The zero-order valence-corrected chi connectivity index (χ0v) is 24.3. The van der Waals surface area contributed by atoms with Gasteiger partial charge in [0.2, 0.25) is 0 Å². The Hall–Kier alpha value is -4.14. The summed E-state index contributed by atoms with van der Waals surface area (Å²) < 4.78 is 173. The van der Waals surface area contributed by atoms with Gasteiger partial charge in [-0.25, -0.2) is 9.59 Å². The van der Waals surface area contributed by atoms with Gasteiger partial charge < -0.3 is 34.3 Å². The quantitative estimate of drug-likeness (QED) is 0.170. The second kappa shape index (κ2) is 15.8. The normalized spacial score (nSPS) is 13.5. The number of carbonyl (C=O) groups excluding carboxylic acids is 1. The van der Waals surface area contributed by atoms with Gasteiger partial charge in [0.15, 0.2) is 6.10 Å². The van der Waals surface area contributed by atoms with Crippen molar-refractivity contribution >= 4 is 17.7 Å². The van der Waals surface area contributed by atoms with Crippen LogP contribution in [0.1, 0.15) is 12.5 Å². The van der Waals surface area contributed by atoms with Crippen molar-refractivity contribution < 1.29 is 86.3 Å². The van der Waals surface area contributed by atoms with Gasteiger partial charge in [0.25, 0.3) is 0 Å². The Morgan fingerprint density at radius 1 is 0.792 bits per heavy atom. The van der Waals surface area contributed by atoms with Crippen molar-refractivity contribution in [1.29, 1.82) is 0 Å². The Bertz CT molecular complexity index is 1340. The molecule has 0 aromatic heterocycles. The average Bonchev–Trinajstić information content (AvgIpc) is 2.96. The van der Waals surface area contributed by atoms with Crippen LogP contribution in [0, 0.1) is 0 Å². The number of nitrogens with zero attached hydrogens (tertiary/aromatic N) is 1. The molecule has 2 N–H and O–H groups in total. The van der Waals surface area contributed by atoms with Crippen LogP contribution in [0.4, 0.5) is 63.2 Å². The lowest BCUT2D eigenvalue weighted by molar-refractivity contribution is -0.443. The molecule has 0 fully saturated rings. The molecule has 0 saturated heterocycles. The van der Waals surface area contributed by atoms with Gasteiger partial charge in [-0.3, -0.25) is 0 Å². The van der Waals surface area contributed by atoms with Crippen molar-refractivity contribution in [2.75, 3.05) is 38.2 Å². The lowest BCUT2D eigenvalue weighted by Gasteiger charge is -2.33. The lowest BCUT2D eigenvalue weighted by Crippen LogP contribution is -2.62. The molecule has 1 unspecified atom stereocenters. The summed E-state index contributed by atoms with van der Waals surface area (Å²) in [6.07, 6.45) is -19.7. The summed E-state index contributed by atoms with van der Waals surface area (Å²) in [6, 6.07) is 7.83. The number of rotatable bonds is 17. The van der Waals surface area contributed by atoms with Gasteiger partial charge in [0.05, 0.1) is 13.2 Å². The number of ether oxygens (including phenoxy) is 4. The highest BCUT2D eigenvalue weighted by molar-refractivity contribution is 5.89. The van der Waals surface area contributed by atoms with Gasteiger partial charge in [-0.1, -0.05) is 12.1 Å². The summed E-state index contributed by atoms with van der Waals surface area (Å²) >= 11 is 0. The first-order valence-electron chi connectivity index (χ1n) is 13.3. The highest BCUT2D eigenvalue weighted by Gasteiger charge is 2.82. The Balaban J connectivity index is 2.14. The number of hydrogen-bond donors (Lipinski definition) is 2. The molecule has 21 heteroatoms. The summed E-state index contributed by atoms with van der Waals surface area (Å²) in [5, 5.41) is 11.3. The van der Waals surface area contributed by atoms with Crippen LogP contribution in [0.3, 0.4) is 0 Å². The van der Waals surface area contributed by atoms with Crippen LogP contribution in [0.25, 0.3) is 0 Å². The lowest BCUT2D eigenvalue weighted by atomic mass is 10.1. The van der Waals surface area contributed by atoms with E-state index < -0.39 is 80.6 Å². The van der Waals surface area contributed by atoms with Gasteiger partial charge in [-0.15, -0.1) is 13.2 Å². The highest BCUT2D eigenvalue weighted by atomic mass is 19.4. The van der Waals surface area contributed by atoms with E-state index in [1.807, 2.05) is 0 Å². The molecule has 2 amide bonds. The number of nitrogens with one attached hydrogen (secondary N) is 1. The molecular formula is C27H26F12N2O7. The molecular weight excluding hydrogens is 692 g/mol. The zero-order chi connectivity index (χ0) is 36.6. The fraction of sp³-hybridized carbons (Fsp3) is 0.481. The first-order valence-corrected chi connectivity index (χ1v) is 13.3. The Labute approximate surface area is 263 Å². The van der Waals surface area contributed by atoms with E-state index in [4.69, 9.17) is 9.47 Å².